The van der Waals surface area contributed by atoms with Crippen molar-refractivity contribution in [3.8, 4) is 0 Å². The van der Waals surface area contributed by atoms with E-state index < -0.39 is 5.97 Å². The third-order valence-electron chi connectivity index (χ3n) is 6.52. The lowest BCUT2D eigenvalue weighted by Crippen LogP contribution is -2.40. The van der Waals surface area contributed by atoms with Crippen LogP contribution < -0.4 is 0 Å². The quantitative estimate of drug-likeness (QED) is 0.488. The Balaban J connectivity index is 1.84. The van der Waals surface area contributed by atoms with Gasteiger partial charge < -0.3 is 14.2 Å². The fraction of sp³-hybridized carbons (Fsp3) is 0.696. The Labute approximate surface area is 173 Å². The van der Waals surface area contributed by atoms with Gasteiger partial charge in [0.15, 0.2) is 5.78 Å². The van der Waals surface area contributed by atoms with Gasteiger partial charge >= 0.3 is 5.97 Å². The minimum Gasteiger partial charge on any atom is -0.464 e. The number of hydrogen-bond acceptors (Lipinski definition) is 4. The van der Waals surface area contributed by atoms with Gasteiger partial charge in [-0.1, -0.05) is 19.3 Å². The SMILES string of the molecule is CCn1c(C)c(C(=O)CN(CC2CCCCC2)C(=O)C2CC2)c(C)c1C(=O)OC. The number of hydrogen-bond donors (Lipinski definition) is 0. The number of carbonyl (C=O) groups excluding carboxylic acids is 3. The molecule has 2 aliphatic rings. The van der Waals surface area contributed by atoms with Crippen LogP contribution in [0.1, 0.15) is 84.0 Å². The number of amides is 1. The average Bonchev–Trinajstić information content (AvgIpc) is 3.52. The highest BCUT2D eigenvalue weighted by atomic mass is 16.5. The predicted octanol–water partition coefficient (Wildman–Crippen LogP) is 3.91. The Kier molecular flexibility index (Phi) is 6.81. The van der Waals surface area contributed by atoms with E-state index >= 15 is 0 Å². The minimum absolute atomic E-state index is 0.0813. The maximum atomic E-state index is 13.3. The van der Waals surface area contributed by atoms with Crippen molar-refractivity contribution >= 4 is 17.7 Å². The van der Waals surface area contributed by atoms with E-state index in [-0.39, 0.29) is 24.2 Å². The van der Waals surface area contributed by atoms with Crippen molar-refractivity contribution in [2.75, 3.05) is 20.2 Å². The Bertz CT molecular complexity index is 785. The van der Waals surface area contributed by atoms with Crippen LogP contribution in [0.5, 0.6) is 0 Å². The summed E-state index contributed by atoms with van der Waals surface area (Å²) < 4.78 is 6.77. The number of esters is 1. The summed E-state index contributed by atoms with van der Waals surface area (Å²) >= 11 is 0. The number of aromatic nitrogens is 1. The van der Waals surface area contributed by atoms with Gasteiger partial charge in [0, 0.05) is 30.3 Å². The van der Waals surface area contributed by atoms with E-state index in [1.807, 2.05) is 18.4 Å². The zero-order valence-electron chi connectivity index (χ0n) is 18.3. The number of ketones is 1. The van der Waals surface area contributed by atoms with Crippen LogP contribution in [0.2, 0.25) is 0 Å². The molecule has 3 rings (SSSR count). The van der Waals surface area contributed by atoms with E-state index in [4.69, 9.17) is 4.74 Å². The molecule has 0 N–H and O–H groups in total. The molecule has 6 heteroatoms. The molecular formula is C23H34N2O4. The second-order valence-electron chi connectivity index (χ2n) is 8.59. The number of rotatable bonds is 8. The minimum atomic E-state index is -0.431. The lowest BCUT2D eigenvalue weighted by Gasteiger charge is -2.29. The van der Waals surface area contributed by atoms with Gasteiger partial charge in [-0.2, -0.15) is 0 Å². The Morgan fingerprint density at radius 3 is 2.28 bits per heavy atom. The molecule has 0 aromatic carbocycles. The Morgan fingerprint density at radius 2 is 1.72 bits per heavy atom. The van der Waals surface area contributed by atoms with Crippen LogP contribution in [0.15, 0.2) is 0 Å². The maximum absolute atomic E-state index is 13.3. The maximum Gasteiger partial charge on any atom is 0.354 e. The molecule has 2 fully saturated rings. The van der Waals surface area contributed by atoms with Crippen LogP contribution in [-0.2, 0) is 16.1 Å². The third-order valence-corrected chi connectivity index (χ3v) is 6.52. The predicted molar refractivity (Wildman–Crippen MR) is 111 cm³/mol. The summed E-state index contributed by atoms with van der Waals surface area (Å²) in [6.07, 6.45) is 7.84. The molecule has 0 unspecified atom stereocenters. The number of carbonyl (C=O) groups is 3. The van der Waals surface area contributed by atoms with Crippen LogP contribution in [-0.4, -0.2) is 47.3 Å². The summed E-state index contributed by atoms with van der Waals surface area (Å²) in [7, 11) is 1.35. The van der Waals surface area contributed by atoms with Crippen molar-refractivity contribution in [1.29, 1.82) is 0 Å². The van der Waals surface area contributed by atoms with Crippen molar-refractivity contribution in [3.05, 3.63) is 22.5 Å². The lowest BCUT2D eigenvalue weighted by atomic mass is 9.88. The molecule has 0 bridgehead atoms. The molecule has 0 spiro atoms. The fourth-order valence-electron chi connectivity index (χ4n) is 4.82. The number of methoxy groups -OCH3 is 1. The second kappa shape index (κ2) is 9.14. The zero-order chi connectivity index (χ0) is 21.1. The second-order valence-corrected chi connectivity index (χ2v) is 8.59. The van der Waals surface area contributed by atoms with Crippen molar-refractivity contribution in [2.45, 2.75) is 72.3 Å². The molecule has 0 radical (unpaired) electrons. The van der Waals surface area contributed by atoms with Gasteiger partial charge in [-0.15, -0.1) is 0 Å². The van der Waals surface area contributed by atoms with Gasteiger partial charge in [0.25, 0.3) is 0 Å². The van der Waals surface area contributed by atoms with Crippen LogP contribution in [0.25, 0.3) is 0 Å². The van der Waals surface area contributed by atoms with E-state index in [1.54, 1.807) is 11.8 Å². The monoisotopic (exact) mass is 402 g/mol. The van der Waals surface area contributed by atoms with Crippen molar-refractivity contribution in [3.63, 3.8) is 0 Å². The van der Waals surface area contributed by atoms with Crippen LogP contribution in [0.3, 0.4) is 0 Å². The molecule has 2 saturated carbocycles. The molecule has 1 aromatic heterocycles. The summed E-state index contributed by atoms with van der Waals surface area (Å²) in [4.78, 5) is 40.3. The van der Waals surface area contributed by atoms with E-state index in [2.05, 4.69) is 0 Å². The van der Waals surface area contributed by atoms with Gasteiger partial charge in [-0.3, -0.25) is 9.59 Å². The molecule has 0 atom stereocenters. The highest BCUT2D eigenvalue weighted by Crippen LogP contribution is 2.33. The summed E-state index contributed by atoms with van der Waals surface area (Å²) in [5.41, 5.74) is 2.41. The molecular weight excluding hydrogens is 368 g/mol. The van der Waals surface area contributed by atoms with Gasteiger partial charge in [-0.25, -0.2) is 4.79 Å². The topological polar surface area (TPSA) is 68.6 Å². The molecule has 2 aliphatic carbocycles. The first-order chi connectivity index (χ1) is 13.9. The average molecular weight is 403 g/mol. The first-order valence-corrected chi connectivity index (χ1v) is 11.0. The summed E-state index contributed by atoms with van der Waals surface area (Å²) in [6.45, 7) is 6.97. The van der Waals surface area contributed by atoms with Crippen molar-refractivity contribution in [1.82, 2.24) is 9.47 Å². The largest absolute Gasteiger partial charge is 0.464 e. The summed E-state index contributed by atoms with van der Waals surface area (Å²) in [5, 5.41) is 0. The molecule has 1 heterocycles. The molecule has 0 aliphatic heterocycles. The molecule has 29 heavy (non-hydrogen) atoms. The number of Topliss-reactive ketones (excluding diaryl/α,β-unsaturated/α-hetero) is 1. The van der Waals surface area contributed by atoms with Crippen molar-refractivity contribution in [2.24, 2.45) is 11.8 Å². The molecule has 160 valence electrons. The number of ether oxygens (including phenoxy) is 1. The standard InChI is InChI=1S/C23H34N2O4/c1-5-25-16(3)20(15(2)21(25)23(28)29-4)19(26)14-24(22(27)18-11-12-18)13-17-9-7-6-8-10-17/h17-18H,5-14H2,1-4H3. The lowest BCUT2D eigenvalue weighted by molar-refractivity contribution is -0.132. The summed E-state index contributed by atoms with van der Waals surface area (Å²) in [6, 6.07) is 0. The smallest absolute Gasteiger partial charge is 0.354 e. The Hall–Kier alpha value is -2.11. The van der Waals surface area contributed by atoms with E-state index in [0.29, 0.717) is 35.8 Å². The van der Waals surface area contributed by atoms with Crippen molar-refractivity contribution < 1.29 is 19.1 Å². The van der Waals surface area contributed by atoms with Gasteiger partial charge in [0.05, 0.1) is 13.7 Å². The normalized spacial score (nSPS) is 17.2. The number of nitrogens with zero attached hydrogens (tertiary/aromatic N) is 2. The van der Waals surface area contributed by atoms with E-state index in [1.165, 1.54) is 26.4 Å². The molecule has 1 amide bonds. The molecule has 0 saturated heterocycles. The highest BCUT2D eigenvalue weighted by Gasteiger charge is 2.36. The van der Waals surface area contributed by atoms with Gasteiger partial charge in [-0.05, 0) is 57.9 Å². The molecule has 1 aromatic rings. The first kappa shape index (κ1) is 21.6. The highest BCUT2D eigenvalue weighted by molar-refractivity contribution is 6.04. The third kappa shape index (κ3) is 4.57. The van der Waals surface area contributed by atoms with Gasteiger partial charge in [0.2, 0.25) is 5.91 Å². The van der Waals surface area contributed by atoms with E-state index in [0.717, 1.165) is 31.4 Å². The Morgan fingerprint density at radius 1 is 1.07 bits per heavy atom. The zero-order valence-corrected chi connectivity index (χ0v) is 18.3. The first-order valence-electron chi connectivity index (χ1n) is 11.0. The van der Waals surface area contributed by atoms with Crippen LogP contribution in [0, 0.1) is 25.7 Å². The van der Waals surface area contributed by atoms with Gasteiger partial charge in [0.1, 0.15) is 5.69 Å². The summed E-state index contributed by atoms with van der Waals surface area (Å²) in [5.74, 6) is 0.205. The van der Waals surface area contributed by atoms with Crippen LogP contribution >= 0.6 is 0 Å². The fourth-order valence-corrected chi connectivity index (χ4v) is 4.82. The van der Waals surface area contributed by atoms with Crippen LogP contribution in [0.4, 0.5) is 0 Å². The van der Waals surface area contributed by atoms with E-state index in [9.17, 15) is 14.4 Å². The molecule has 6 nitrogen and oxygen atoms in total.